The van der Waals surface area contributed by atoms with Gasteiger partial charge in [0.05, 0.1) is 17.6 Å². The maximum Gasteiger partial charge on any atom is 0.193 e. The molecule has 8 heteroatoms. The number of nitrogens with zero attached hydrogens (tertiary/aromatic N) is 7. The number of rotatable bonds is 5. The molecule has 7 nitrogen and oxygen atoms in total. The topological polar surface area (TPSA) is 73.3 Å². The van der Waals surface area contributed by atoms with Gasteiger partial charge in [0.2, 0.25) is 0 Å². The van der Waals surface area contributed by atoms with E-state index >= 15 is 4.39 Å². The second kappa shape index (κ2) is 7.37. The third-order valence-electron chi connectivity index (χ3n) is 5.83. The molecular weight excluding hydrogens is 393 g/mol. The first-order valence-electron chi connectivity index (χ1n) is 10.5. The van der Waals surface area contributed by atoms with E-state index in [1.807, 2.05) is 42.2 Å². The lowest BCUT2D eigenvalue weighted by Gasteiger charge is -2.28. The maximum atomic E-state index is 15.5. The highest BCUT2D eigenvalue weighted by Gasteiger charge is 2.31. The summed E-state index contributed by atoms with van der Waals surface area (Å²) >= 11 is 0. The van der Waals surface area contributed by atoms with E-state index in [1.165, 1.54) is 4.52 Å². The van der Waals surface area contributed by atoms with E-state index in [1.54, 1.807) is 12.1 Å². The first-order valence-corrected chi connectivity index (χ1v) is 10.5. The van der Waals surface area contributed by atoms with Crippen LogP contribution in [0.3, 0.4) is 0 Å². The molecule has 1 aliphatic rings. The standard InChI is InChI=1S/C23H24FN7/c1-4-9-30-13-18(12-26-30)23(3)11-17-10-16(6-7-19(17)25-14-23)21(24)22-28-27-20-8-5-15(2)29-31(20)22/h5-8,10,12-14,21H,4,9,11H2,1-3H3. The number of aryl methyl sites for hydroxylation is 2. The quantitative estimate of drug-likeness (QED) is 0.485. The van der Waals surface area contributed by atoms with E-state index in [4.69, 9.17) is 0 Å². The highest BCUT2D eigenvalue weighted by atomic mass is 19.1. The van der Waals surface area contributed by atoms with Crippen LogP contribution in [0, 0.1) is 6.92 Å². The molecule has 0 saturated heterocycles. The minimum Gasteiger partial charge on any atom is -0.272 e. The van der Waals surface area contributed by atoms with E-state index in [2.05, 4.69) is 45.4 Å². The van der Waals surface area contributed by atoms with Crippen molar-refractivity contribution in [1.82, 2.24) is 29.6 Å². The minimum atomic E-state index is -1.43. The Bertz CT molecular complexity index is 1290. The van der Waals surface area contributed by atoms with Crippen LogP contribution in [0.2, 0.25) is 0 Å². The molecule has 0 N–H and O–H groups in total. The number of hydrogen-bond acceptors (Lipinski definition) is 5. The number of alkyl halides is 1. The fraction of sp³-hybridized carbons (Fsp3) is 0.348. The lowest BCUT2D eigenvalue weighted by Crippen LogP contribution is -2.28. The maximum absolute atomic E-state index is 15.5. The second-order valence-electron chi connectivity index (χ2n) is 8.40. The molecular formula is C23H24FN7. The van der Waals surface area contributed by atoms with Gasteiger partial charge in [-0.25, -0.2) is 4.39 Å². The Kier molecular flexibility index (Phi) is 4.64. The molecule has 0 radical (unpaired) electrons. The fourth-order valence-corrected chi connectivity index (χ4v) is 4.07. The summed E-state index contributed by atoms with van der Waals surface area (Å²) in [6, 6.07) is 9.15. The summed E-state index contributed by atoms with van der Waals surface area (Å²) in [4.78, 5) is 4.67. The Labute approximate surface area is 179 Å². The van der Waals surface area contributed by atoms with E-state index in [0.29, 0.717) is 11.2 Å². The summed E-state index contributed by atoms with van der Waals surface area (Å²) in [6.45, 7) is 7.02. The van der Waals surface area contributed by atoms with Gasteiger partial charge in [0.1, 0.15) is 0 Å². The van der Waals surface area contributed by atoms with Crippen molar-refractivity contribution in [3.05, 3.63) is 70.9 Å². The normalized spacial score (nSPS) is 19.0. The molecule has 4 heterocycles. The van der Waals surface area contributed by atoms with Crippen LogP contribution in [0.25, 0.3) is 5.65 Å². The Morgan fingerprint density at radius 3 is 2.90 bits per heavy atom. The van der Waals surface area contributed by atoms with Crippen LogP contribution in [0.15, 0.2) is 47.7 Å². The van der Waals surface area contributed by atoms with Crippen molar-refractivity contribution in [2.24, 2.45) is 4.99 Å². The van der Waals surface area contributed by atoms with Gasteiger partial charge in [-0.15, -0.1) is 10.2 Å². The highest BCUT2D eigenvalue weighted by Crippen LogP contribution is 2.37. The Balaban J connectivity index is 1.47. The molecule has 2 unspecified atom stereocenters. The molecule has 0 fully saturated rings. The molecule has 158 valence electrons. The molecule has 0 saturated carbocycles. The van der Waals surface area contributed by atoms with Crippen molar-refractivity contribution in [3.8, 4) is 0 Å². The zero-order chi connectivity index (χ0) is 21.6. The second-order valence-corrected chi connectivity index (χ2v) is 8.40. The Morgan fingerprint density at radius 2 is 2.06 bits per heavy atom. The van der Waals surface area contributed by atoms with Gasteiger partial charge in [0.15, 0.2) is 17.6 Å². The summed E-state index contributed by atoms with van der Waals surface area (Å²) in [5.74, 6) is 0.182. The van der Waals surface area contributed by atoms with Gasteiger partial charge >= 0.3 is 0 Å². The number of halogens is 1. The molecule has 4 aromatic rings. The first-order chi connectivity index (χ1) is 15.0. The molecule has 3 aromatic heterocycles. The number of fused-ring (bicyclic) bond motifs is 2. The van der Waals surface area contributed by atoms with Crippen molar-refractivity contribution >= 4 is 17.5 Å². The van der Waals surface area contributed by atoms with E-state index in [9.17, 15) is 0 Å². The molecule has 2 atom stereocenters. The summed E-state index contributed by atoms with van der Waals surface area (Å²) < 4.78 is 19.0. The molecule has 5 rings (SSSR count). The van der Waals surface area contributed by atoms with Crippen molar-refractivity contribution in [2.45, 2.75) is 51.7 Å². The molecule has 31 heavy (non-hydrogen) atoms. The zero-order valence-corrected chi connectivity index (χ0v) is 17.8. The van der Waals surface area contributed by atoms with E-state index in [0.717, 1.165) is 41.9 Å². The first kappa shape index (κ1) is 19.5. The van der Waals surface area contributed by atoms with Crippen LogP contribution >= 0.6 is 0 Å². The summed E-state index contributed by atoms with van der Waals surface area (Å²) in [6.07, 6.45) is 6.29. The smallest absolute Gasteiger partial charge is 0.193 e. The fourth-order valence-electron chi connectivity index (χ4n) is 4.07. The Morgan fingerprint density at radius 1 is 1.19 bits per heavy atom. The third-order valence-corrected chi connectivity index (χ3v) is 5.83. The van der Waals surface area contributed by atoms with Crippen LogP contribution in [-0.4, -0.2) is 35.8 Å². The van der Waals surface area contributed by atoms with Gasteiger partial charge in [0.25, 0.3) is 0 Å². The minimum absolute atomic E-state index is 0.182. The van der Waals surface area contributed by atoms with Crippen LogP contribution in [0.5, 0.6) is 0 Å². The van der Waals surface area contributed by atoms with Crippen molar-refractivity contribution in [2.75, 3.05) is 0 Å². The number of hydrogen-bond donors (Lipinski definition) is 0. The summed E-state index contributed by atoms with van der Waals surface area (Å²) in [5.41, 5.74) is 4.53. The Hall–Kier alpha value is -3.42. The SMILES string of the molecule is CCCn1cc(C2(C)C=Nc3ccc(C(F)c4nnc5ccc(C)nn45)cc3C2)cn1. The molecule has 0 aliphatic carbocycles. The predicted octanol–water partition coefficient (Wildman–Crippen LogP) is 4.31. The summed E-state index contributed by atoms with van der Waals surface area (Å²) in [7, 11) is 0. The largest absolute Gasteiger partial charge is 0.272 e. The van der Waals surface area contributed by atoms with Gasteiger partial charge in [-0.3, -0.25) is 9.67 Å². The van der Waals surface area contributed by atoms with Gasteiger partial charge in [-0.1, -0.05) is 26.0 Å². The van der Waals surface area contributed by atoms with Crippen LogP contribution < -0.4 is 0 Å². The van der Waals surface area contributed by atoms with Crippen molar-refractivity contribution in [1.29, 1.82) is 0 Å². The number of aliphatic imine (C=N–C) groups is 1. The predicted molar refractivity (Wildman–Crippen MR) is 117 cm³/mol. The lowest BCUT2D eigenvalue weighted by molar-refractivity contribution is 0.376. The molecule has 0 amide bonds. The highest BCUT2D eigenvalue weighted by molar-refractivity contribution is 5.80. The summed E-state index contributed by atoms with van der Waals surface area (Å²) in [5, 5.41) is 16.9. The molecule has 1 aromatic carbocycles. The third kappa shape index (κ3) is 3.41. The van der Waals surface area contributed by atoms with E-state index < -0.39 is 6.17 Å². The van der Waals surface area contributed by atoms with Crippen molar-refractivity contribution in [3.63, 3.8) is 0 Å². The van der Waals surface area contributed by atoms with Gasteiger partial charge < -0.3 is 0 Å². The monoisotopic (exact) mass is 417 g/mol. The van der Waals surface area contributed by atoms with Crippen LogP contribution in [-0.2, 0) is 18.4 Å². The molecule has 0 bridgehead atoms. The van der Waals surface area contributed by atoms with Gasteiger partial charge in [-0.2, -0.15) is 14.7 Å². The number of aromatic nitrogens is 6. The van der Waals surface area contributed by atoms with Crippen LogP contribution in [0.1, 0.15) is 54.6 Å². The average Bonchev–Trinajstić information content (AvgIpc) is 3.40. The zero-order valence-electron chi connectivity index (χ0n) is 17.8. The number of benzene rings is 1. The van der Waals surface area contributed by atoms with Crippen LogP contribution in [0.4, 0.5) is 10.1 Å². The molecule has 0 spiro atoms. The average molecular weight is 417 g/mol. The van der Waals surface area contributed by atoms with E-state index in [-0.39, 0.29) is 11.2 Å². The van der Waals surface area contributed by atoms with Gasteiger partial charge in [0, 0.05) is 29.9 Å². The molecule has 1 aliphatic heterocycles. The van der Waals surface area contributed by atoms with Gasteiger partial charge in [-0.05, 0) is 49.1 Å². The lowest BCUT2D eigenvalue weighted by atomic mass is 9.77. The van der Waals surface area contributed by atoms with Crippen molar-refractivity contribution < 1.29 is 4.39 Å².